The number of amides is 4. The van der Waals surface area contributed by atoms with Crippen molar-refractivity contribution in [3.63, 3.8) is 0 Å². The lowest BCUT2D eigenvalue weighted by Gasteiger charge is -2.18. The lowest BCUT2D eigenvalue weighted by molar-refractivity contribution is -0.198. The van der Waals surface area contributed by atoms with Crippen molar-refractivity contribution in [2.75, 3.05) is 46.6 Å². The van der Waals surface area contributed by atoms with Gasteiger partial charge in [0, 0.05) is 53.2 Å². The fourth-order valence-corrected chi connectivity index (χ4v) is 3.84. The molecule has 0 aromatic carbocycles. The van der Waals surface area contributed by atoms with E-state index in [-0.39, 0.29) is 25.7 Å². The third-order valence-electron chi connectivity index (χ3n) is 6.91. The van der Waals surface area contributed by atoms with Gasteiger partial charge in [0.15, 0.2) is 0 Å². The molecule has 3 fully saturated rings. The summed E-state index contributed by atoms with van der Waals surface area (Å²) in [5, 5.41) is 4.03. The van der Waals surface area contributed by atoms with Gasteiger partial charge in [-0.15, -0.1) is 10.1 Å². The quantitative estimate of drug-likeness (QED) is 0.0598. The van der Waals surface area contributed by atoms with E-state index in [4.69, 9.17) is 7.10 Å². The van der Waals surface area contributed by atoms with Gasteiger partial charge in [-0.05, 0) is 25.9 Å². The summed E-state index contributed by atoms with van der Waals surface area (Å²) >= 11 is 0. The molecule has 1 aliphatic carbocycles. The number of carbonyl (C=O) groups is 8. The number of nitrogens with zero attached hydrogens (tertiary/aromatic N) is 3. The predicted octanol–water partition coefficient (Wildman–Crippen LogP) is 34.7. The van der Waals surface area contributed by atoms with E-state index in [0.717, 1.165) is 45.1 Å². The van der Waals surface area contributed by atoms with E-state index in [9.17, 15) is 38.4 Å². The fourth-order valence-electron chi connectivity index (χ4n) is 3.84. The smallest absolute Gasteiger partial charge is 0.333 e. The zero-order valence-corrected chi connectivity index (χ0v) is 94.0. The molecule has 0 aromatic heterocycles. The SMILES string of the molecule is CC.CC.CC.CC.CC.CC.CC.CC.CC.CC.CC.CC.CC.CC.CC.CC.CC.CC.CC.CC.CC.CC.CC.CC.CC.CC.CC.CC.CC.CC.CC.CC.CC1CCC1.CCCNCCN(C)CCN.O=C(CCC(=O)ON1C(=O)CCC1=O)OCOC(=O)CCC(=O)ON1C(=O)CCC1=O.[2H]CCC. The number of hydrogen-bond acceptors (Lipinski definition) is 15. The van der Waals surface area contributed by atoms with Crippen LogP contribution in [0.3, 0.4) is 0 Å². The highest BCUT2D eigenvalue weighted by molar-refractivity contribution is 6.02. The molecule has 3 rings (SSSR count). The van der Waals surface area contributed by atoms with Crippen molar-refractivity contribution in [3.05, 3.63) is 0 Å². The predicted molar refractivity (Wildman–Crippen MR) is 542 cm³/mol. The number of ether oxygens (including phenoxy) is 2. The van der Waals surface area contributed by atoms with Crippen LogP contribution in [0, 0.1) is 5.92 Å². The Morgan fingerprint density at radius 3 is 0.667 bits per heavy atom. The van der Waals surface area contributed by atoms with E-state index >= 15 is 0 Å². The van der Waals surface area contributed by atoms with Crippen molar-refractivity contribution in [1.82, 2.24) is 20.3 Å². The summed E-state index contributed by atoms with van der Waals surface area (Å²) in [4.78, 5) is 103. The first-order valence-corrected chi connectivity index (χ1v) is 49.1. The summed E-state index contributed by atoms with van der Waals surface area (Å²) in [7, 11) is 2.10. The van der Waals surface area contributed by atoms with Crippen LogP contribution >= 0.6 is 0 Å². The van der Waals surface area contributed by atoms with Crippen molar-refractivity contribution >= 4 is 47.5 Å². The molecule has 0 atom stereocenters. The van der Waals surface area contributed by atoms with Gasteiger partial charge in [-0.1, -0.05) is 496 Å². The number of nitrogens with one attached hydrogen (secondary N) is 1. The first kappa shape index (κ1) is 215. The van der Waals surface area contributed by atoms with Crippen molar-refractivity contribution in [2.45, 2.75) is 554 Å². The second-order valence-corrected chi connectivity index (χ2v) is 11.6. The van der Waals surface area contributed by atoms with Gasteiger partial charge in [-0.2, -0.15) is 0 Å². The summed E-state index contributed by atoms with van der Waals surface area (Å²) < 4.78 is 15.6. The third kappa shape index (κ3) is 332. The highest BCUT2D eigenvalue weighted by Gasteiger charge is 2.34. The summed E-state index contributed by atoms with van der Waals surface area (Å²) in [5.41, 5.74) is 5.40. The van der Waals surface area contributed by atoms with E-state index in [1.165, 1.54) is 25.7 Å². The number of hydroxylamine groups is 4. The molecule has 0 aromatic rings. The number of hydrogen-bond donors (Lipinski definition) is 2. The van der Waals surface area contributed by atoms with Crippen molar-refractivity contribution in [1.29, 1.82) is 0 Å². The second-order valence-electron chi connectivity index (χ2n) is 11.6. The minimum absolute atomic E-state index is 0.0637. The molecule has 0 spiro atoms. The number of rotatable bonds is 17. The Bertz CT molecular complexity index is 1050. The molecule has 3 N–H and O–H groups in total. The molecule has 0 bridgehead atoms. The summed E-state index contributed by atoms with van der Waals surface area (Å²) in [6.45, 7) is 139. The highest BCUT2D eigenvalue weighted by Crippen LogP contribution is 2.24. The Kier molecular flexibility index (Phi) is 764. The average Bonchev–Trinajstić information content (AvgIpc) is 1.75. The maximum atomic E-state index is 11.5. The first-order valence-electron chi connectivity index (χ1n) is 49.8. The number of carbonyl (C=O) groups excluding carboxylic acids is 8. The third-order valence-corrected chi connectivity index (χ3v) is 6.91. The minimum atomic E-state index is -0.994. The maximum Gasteiger partial charge on any atom is 0.333 e. The van der Waals surface area contributed by atoms with Crippen LogP contribution in [-0.2, 0) is 57.5 Å². The fraction of sp³-hybridized carbons (Fsp3) is 0.918. The lowest BCUT2D eigenvalue weighted by atomic mass is 9.88. The molecule has 114 heavy (non-hydrogen) atoms. The summed E-state index contributed by atoms with van der Waals surface area (Å²) in [6.07, 6.45) is 4.51. The molecule has 4 amide bonds. The van der Waals surface area contributed by atoms with Crippen LogP contribution in [0.25, 0.3) is 0 Å². The highest BCUT2D eigenvalue weighted by atomic mass is 16.7. The molecule has 734 valence electrons. The Morgan fingerprint density at radius 1 is 0.351 bits per heavy atom. The number of imide groups is 2. The van der Waals surface area contributed by atoms with E-state index in [1.54, 1.807) is 0 Å². The molecule has 2 heterocycles. The van der Waals surface area contributed by atoms with E-state index in [2.05, 4.69) is 50.3 Å². The molecule has 3 aliphatic rings. The molecule has 2 aliphatic heterocycles. The molecular formula is C97H249N5O12. The van der Waals surface area contributed by atoms with Crippen molar-refractivity contribution < 1.29 is 58.9 Å². The van der Waals surface area contributed by atoms with Crippen LogP contribution in [0.2, 0.25) is 0 Å². The van der Waals surface area contributed by atoms with Crippen LogP contribution in [0.5, 0.6) is 0 Å². The summed E-state index contributed by atoms with van der Waals surface area (Å²) in [5.74, 6) is -5.40. The van der Waals surface area contributed by atoms with E-state index < -0.39 is 80.0 Å². The van der Waals surface area contributed by atoms with E-state index in [0.29, 0.717) is 17.0 Å². The summed E-state index contributed by atoms with van der Waals surface area (Å²) in [6, 6.07) is 0. The molecular weight excluding hydrogens is 1430 g/mol. The Morgan fingerprint density at radius 2 is 0.526 bits per heavy atom. The van der Waals surface area contributed by atoms with Gasteiger partial charge in [0.2, 0.25) is 6.79 Å². The minimum Gasteiger partial charge on any atom is -0.428 e. The maximum absolute atomic E-state index is 11.5. The average molecular weight is 1680 g/mol. The second kappa shape index (κ2) is 405. The topological polar surface area (TPSA) is 221 Å². The van der Waals surface area contributed by atoms with Crippen LogP contribution < -0.4 is 11.1 Å². The van der Waals surface area contributed by atoms with Crippen LogP contribution in [0.4, 0.5) is 0 Å². The van der Waals surface area contributed by atoms with Gasteiger partial charge in [-0.25, -0.2) is 9.59 Å². The van der Waals surface area contributed by atoms with Gasteiger partial charge >= 0.3 is 23.9 Å². The molecule has 0 unspecified atom stereocenters. The monoisotopic (exact) mass is 1680 g/mol. The number of likely N-dealkylation sites (N-methyl/N-ethyl adjacent to an activating group) is 1. The standard InChI is InChI=1S/C17H18N2O12.C8H21N3.C5H10.C3H8.32C2H6/c20-10-1-2-11(21)18(10)30-16(26)7-5-14(24)28-9-29-15(25)6-8-17(27)31-19-12(22)3-4-13(19)23;1-3-5-10-6-8-11(2)7-4-9;1-5-3-2-4-5;1-3-2;32*1-2/h1-9H2;10H,3-9H2,1-2H3;5H,2-4H2,1H3;3H2,1-2H3;32*1-2H3/i;;;1D;;;;;;;;;;;;;;;;;;;;;;;;;;;;;;;;. The van der Waals surface area contributed by atoms with Gasteiger partial charge < -0.3 is 35.1 Å². The Balaban J connectivity index is -0.0000000220. The molecule has 2 saturated heterocycles. The molecule has 0 radical (unpaired) electrons. The number of esters is 2. The van der Waals surface area contributed by atoms with Crippen molar-refractivity contribution in [2.24, 2.45) is 11.7 Å². The van der Waals surface area contributed by atoms with Gasteiger partial charge in [0.1, 0.15) is 0 Å². The number of nitrogens with two attached hydrogens (primary N) is 1. The van der Waals surface area contributed by atoms with Gasteiger partial charge in [0.05, 0.1) is 25.7 Å². The first-order chi connectivity index (χ1) is 56.3. The Labute approximate surface area is 735 Å². The van der Waals surface area contributed by atoms with Gasteiger partial charge in [-0.3, -0.25) is 28.8 Å². The lowest BCUT2D eigenvalue weighted by Crippen LogP contribution is -2.32. The zero-order valence-electron chi connectivity index (χ0n) is 95.0. The van der Waals surface area contributed by atoms with E-state index in [1.807, 2.05) is 450 Å². The zero-order chi connectivity index (χ0) is 103. The molecule has 17 heteroatoms. The van der Waals surface area contributed by atoms with Crippen LogP contribution in [-0.4, -0.2) is 109 Å². The van der Waals surface area contributed by atoms with Gasteiger partial charge in [0.25, 0.3) is 23.6 Å². The van der Waals surface area contributed by atoms with Crippen LogP contribution in [0.15, 0.2) is 0 Å². The normalized spacial score (nSPS) is 8.46. The molecule has 17 nitrogen and oxygen atoms in total. The molecule has 1 saturated carbocycles. The van der Waals surface area contributed by atoms with Crippen LogP contribution in [0.1, 0.15) is 556 Å². The largest absolute Gasteiger partial charge is 0.428 e. The Hall–Kier alpha value is -3.96. The van der Waals surface area contributed by atoms with Crippen molar-refractivity contribution in [3.8, 4) is 0 Å².